The summed E-state index contributed by atoms with van der Waals surface area (Å²) in [6.45, 7) is 0.633. The molecule has 3 heterocycles. The molecule has 1 aliphatic rings. The van der Waals surface area contributed by atoms with Crippen LogP contribution in [-0.2, 0) is 6.54 Å². The monoisotopic (exact) mass is 398 g/mol. The van der Waals surface area contributed by atoms with E-state index in [2.05, 4.69) is 37.5 Å². The molecular weight excluding hydrogens is 376 g/mol. The summed E-state index contributed by atoms with van der Waals surface area (Å²) in [6, 6.07) is 13.6. The van der Waals surface area contributed by atoms with Crippen molar-refractivity contribution in [3.63, 3.8) is 0 Å². The van der Waals surface area contributed by atoms with E-state index in [9.17, 15) is 4.79 Å². The smallest absolute Gasteiger partial charge is 0.258 e. The van der Waals surface area contributed by atoms with Crippen LogP contribution in [0.1, 0.15) is 53.3 Å². The molecule has 3 aromatic heterocycles. The number of anilines is 1. The Labute approximate surface area is 174 Å². The summed E-state index contributed by atoms with van der Waals surface area (Å²) < 4.78 is 1.84. The molecule has 1 saturated carbocycles. The Morgan fingerprint density at radius 3 is 2.73 bits per heavy atom. The molecule has 1 fully saturated rings. The Kier molecular flexibility index (Phi) is 4.93. The lowest BCUT2D eigenvalue weighted by atomic mass is 10.1. The Balaban J connectivity index is 1.33. The van der Waals surface area contributed by atoms with Crippen LogP contribution in [0, 0.1) is 0 Å². The van der Waals surface area contributed by atoms with Crippen molar-refractivity contribution in [2.75, 3.05) is 5.32 Å². The van der Waals surface area contributed by atoms with Crippen LogP contribution in [0.2, 0.25) is 0 Å². The average Bonchev–Trinajstić information content (AvgIpc) is 3.45. The van der Waals surface area contributed by atoms with Crippen molar-refractivity contribution in [3.05, 3.63) is 78.0 Å². The van der Waals surface area contributed by atoms with E-state index in [0.717, 1.165) is 35.3 Å². The highest BCUT2D eigenvalue weighted by Crippen LogP contribution is 2.32. The number of nitrogens with zero attached hydrogens (tertiary/aromatic N) is 5. The summed E-state index contributed by atoms with van der Waals surface area (Å²) in [5, 5.41) is 8.14. The Morgan fingerprint density at radius 2 is 1.90 bits per heavy atom. The number of hydrogen-bond donors (Lipinski definition) is 1. The van der Waals surface area contributed by atoms with Gasteiger partial charge in [0.2, 0.25) is 0 Å². The maximum atomic E-state index is 12.7. The van der Waals surface area contributed by atoms with Gasteiger partial charge in [0.1, 0.15) is 11.6 Å². The number of carbonyl (C=O) groups excluding carboxylic acids is 1. The van der Waals surface area contributed by atoms with E-state index in [4.69, 9.17) is 0 Å². The quantitative estimate of drug-likeness (QED) is 0.545. The molecule has 1 aliphatic carbocycles. The van der Waals surface area contributed by atoms with Gasteiger partial charge in [0.25, 0.3) is 5.91 Å². The SMILES string of the molecule is O=C(Nc1ccnc(C2CCCC2)n1)c1cnc2c(cnn2Cc2ccccc2)c1. The molecule has 4 aromatic rings. The summed E-state index contributed by atoms with van der Waals surface area (Å²) in [5.41, 5.74) is 2.37. The van der Waals surface area contributed by atoms with Gasteiger partial charge in [0.05, 0.1) is 18.3 Å². The second-order valence-electron chi connectivity index (χ2n) is 7.66. The molecule has 0 spiro atoms. The highest BCUT2D eigenvalue weighted by atomic mass is 16.1. The minimum Gasteiger partial charge on any atom is -0.306 e. The second kappa shape index (κ2) is 8.02. The number of nitrogens with one attached hydrogen (secondary N) is 1. The van der Waals surface area contributed by atoms with Gasteiger partial charge in [-0.15, -0.1) is 0 Å². The Hall–Kier alpha value is -3.61. The van der Waals surface area contributed by atoms with E-state index in [1.807, 2.05) is 28.9 Å². The number of carbonyl (C=O) groups is 1. The van der Waals surface area contributed by atoms with Crippen LogP contribution in [0.3, 0.4) is 0 Å². The largest absolute Gasteiger partial charge is 0.306 e. The van der Waals surface area contributed by atoms with Crippen LogP contribution in [0.4, 0.5) is 5.82 Å². The van der Waals surface area contributed by atoms with E-state index in [1.165, 1.54) is 12.8 Å². The standard InChI is InChI=1S/C23H22N6O/c30-23(28-20-10-11-24-21(27-20)17-8-4-5-9-17)19-12-18-14-26-29(22(18)25-13-19)15-16-6-2-1-3-7-16/h1-3,6-7,10-14,17H,4-5,8-9,15H2,(H,24,27,28,30). The summed E-state index contributed by atoms with van der Waals surface area (Å²) >= 11 is 0. The number of hydrogen-bond acceptors (Lipinski definition) is 5. The van der Waals surface area contributed by atoms with Crippen molar-refractivity contribution >= 4 is 22.8 Å². The molecule has 1 aromatic carbocycles. The number of aromatic nitrogens is 5. The van der Waals surface area contributed by atoms with Gasteiger partial charge in [0.15, 0.2) is 5.65 Å². The predicted molar refractivity (Wildman–Crippen MR) is 114 cm³/mol. The van der Waals surface area contributed by atoms with E-state index < -0.39 is 0 Å². The van der Waals surface area contributed by atoms with E-state index in [1.54, 1.807) is 24.7 Å². The molecule has 150 valence electrons. The van der Waals surface area contributed by atoms with Crippen molar-refractivity contribution in [1.29, 1.82) is 0 Å². The molecule has 7 nitrogen and oxygen atoms in total. The fourth-order valence-corrected chi connectivity index (χ4v) is 3.98. The van der Waals surface area contributed by atoms with Gasteiger partial charge in [0, 0.05) is 23.7 Å². The highest BCUT2D eigenvalue weighted by Gasteiger charge is 2.20. The van der Waals surface area contributed by atoms with Crippen LogP contribution in [0.25, 0.3) is 11.0 Å². The number of amides is 1. The lowest BCUT2D eigenvalue weighted by Crippen LogP contribution is -2.14. The fourth-order valence-electron chi connectivity index (χ4n) is 3.98. The first-order valence-corrected chi connectivity index (χ1v) is 10.3. The molecule has 1 amide bonds. The maximum Gasteiger partial charge on any atom is 0.258 e. The van der Waals surface area contributed by atoms with Gasteiger partial charge >= 0.3 is 0 Å². The van der Waals surface area contributed by atoms with Gasteiger partial charge in [-0.3, -0.25) is 4.79 Å². The third-order valence-electron chi connectivity index (χ3n) is 5.55. The van der Waals surface area contributed by atoms with E-state index in [-0.39, 0.29) is 5.91 Å². The summed E-state index contributed by atoms with van der Waals surface area (Å²) in [7, 11) is 0. The lowest BCUT2D eigenvalue weighted by molar-refractivity contribution is 0.102. The molecule has 0 saturated heterocycles. The molecule has 0 aliphatic heterocycles. The van der Waals surface area contributed by atoms with Crippen molar-refractivity contribution in [3.8, 4) is 0 Å². The molecule has 0 atom stereocenters. The Morgan fingerprint density at radius 1 is 1.07 bits per heavy atom. The van der Waals surface area contributed by atoms with E-state index >= 15 is 0 Å². The van der Waals surface area contributed by atoms with Crippen molar-refractivity contribution < 1.29 is 4.79 Å². The van der Waals surface area contributed by atoms with Crippen LogP contribution in [0.5, 0.6) is 0 Å². The number of rotatable bonds is 5. The zero-order valence-corrected chi connectivity index (χ0v) is 16.5. The zero-order chi connectivity index (χ0) is 20.3. The first-order valence-electron chi connectivity index (χ1n) is 10.3. The number of benzene rings is 1. The first-order chi connectivity index (χ1) is 14.8. The first kappa shape index (κ1) is 18.4. The van der Waals surface area contributed by atoms with Crippen LogP contribution >= 0.6 is 0 Å². The van der Waals surface area contributed by atoms with Crippen LogP contribution < -0.4 is 5.32 Å². The minimum atomic E-state index is -0.240. The molecule has 0 radical (unpaired) electrons. The van der Waals surface area contributed by atoms with Crippen LogP contribution in [-0.4, -0.2) is 30.6 Å². The molecule has 1 N–H and O–H groups in total. The summed E-state index contributed by atoms with van der Waals surface area (Å²) in [4.78, 5) is 26.2. The van der Waals surface area contributed by atoms with Crippen LogP contribution in [0.15, 0.2) is 61.1 Å². The zero-order valence-electron chi connectivity index (χ0n) is 16.5. The summed E-state index contributed by atoms with van der Waals surface area (Å²) in [5.74, 6) is 1.50. The fraction of sp³-hybridized carbons (Fsp3) is 0.261. The molecule has 0 bridgehead atoms. The van der Waals surface area contributed by atoms with Crippen molar-refractivity contribution in [1.82, 2.24) is 24.7 Å². The minimum absolute atomic E-state index is 0.240. The van der Waals surface area contributed by atoms with Crippen molar-refractivity contribution in [2.45, 2.75) is 38.1 Å². The highest BCUT2D eigenvalue weighted by molar-refractivity contribution is 6.05. The Bertz CT molecular complexity index is 1180. The number of pyridine rings is 1. The molecule has 30 heavy (non-hydrogen) atoms. The third-order valence-corrected chi connectivity index (χ3v) is 5.55. The lowest BCUT2D eigenvalue weighted by Gasteiger charge is -2.10. The molecular formula is C23H22N6O. The second-order valence-corrected chi connectivity index (χ2v) is 7.66. The van der Waals surface area contributed by atoms with Crippen molar-refractivity contribution in [2.24, 2.45) is 0 Å². The topological polar surface area (TPSA) is 85.6 Å². The normalized spacial score (nSPS) is 14.3. The van der Waals surface area contributed by atoms with Gasteiger partial charge in [-0.25, -0.2) is 19.6 Å². The van der Waals surface area contributed by atoms with Gasteiger partial charge < -0.3 is 5.32 Å². The van der Waals surface area contributed by atoms with Gasteiger partial charge in [-0.05, 0) is 30.5 Å². The number of fused-ring (bicyclic) bond motifs is 1. The molecule has 0 unspecified atom stereocenters. The van der Waals surface area contributed by atoms with E-state index in [0.29, 0.717) is 23.8 Å². The van der Waals surface area contributed by atoms with Gasteiger partial charge in [-0.1, -0.05) is 43.2 Å². The predicted octanol–water partition coefficient (Wildman–Crippen LogP) is 4.18. The van der Waals surface area contributed by atoms with Gasteiger partial charge in [-0.2, -0.15) is 5.10 Å². The molecule has 7 heteroatoms. The molecule has 5 rings (SSSR count). The maximum absolute atomic E-state index is 12.7. The average molecular weight is 398 g/mol. The third kappa shape index (κ3) is 3.78. The summed E-state index contributed by atoms with van der Waals surface area (Å²) in [6.07, 6.45) is 9.70.